The largest absolute Gasteiger partial charge is 0.361 e. The number of hydrogen-bond acceptors (Lipinski definition) is 2. The van der Waals surface area contributed by atoms with Crippen LogP contribution < -0.4 is 0 Å². The second-order valence-electron chi connectivity index (χ2n) is 8.20. The van der Waals surface area contributed by atoms with E-state index in [0.717, 1.165) is 45.4 Å². The van der Waals surface area contributed by atoms with Gasteiger partial charge >= 0.3 is 11.8 Å². The van der Waals surface area contributed by atoms with Crippen molar-refractivity contribution >= 4 is 23.1 Å². The average molecular weight is 468 g/mol. The Hall–Kier alpha value is -4.06. The lowest BCUT2D eigenvalue weighted by molar-refractivity contribution is 0.102. The highest BCUT2D eigenvalue weighted by atomic mass is 35.5. The SMILES string of the molecule is Cc1cc([N+]#Cc2ccc(-n3c(C)cc(C(=O)CCl)c3C)cc2)c(C)n1-c1ccc(C#N)cc1. The number of ketones is 1. The molecule has 4 rings (SSSR count). The van der Waals surface area contributed by atoms with Gasteiger partial charge in [-0.1, -0.05) is 0 Å². The second-order valence-corrected chi connectivity index (χ2v) is 8.47. The molecule has 0 bridgehead atoms. The van der Waals surface area contributed by atoms with Crippen LogP contribution in [-0.4, -0.2) is 20.8 Å². The Balaban J connectivity index is 1.61. The summed E-state index contributed by atoms with van der Waals surface area (Å²) in [6.45, 7) is 7.96. The van der Waals surface area contributed by atoms with E-state index in [9.17, 15) is 4.79 Å². The first kappa shape index (κ1) is 23.1. The highest BCUT2D eigenvalue weighted by Crippen LogP contribution is 2.28. The highest BCUT2D eigenvalue weighted by molar-refractivity contribution is 6.30. The summed E-state index contributed by atoms with van der Waals surface area (Å²) < 4.78 is 4.16. The predicted octanol–water partition coefficient (Wildman–Crippen LogP) is 6.81. The van der Waals surface area contributed by atoms with E-state index < -0.39 is 0 Å². The molecule has 0 amide bonds. The van der Waals surface area contributed by atoms with Crippen molar-refractivity contribution in [2.75, 3.05) is 5.88 Å². The Morgan fingerprint density at radius 2 is 1.38 bits per heavy atom. The normalized spacial score (nSPS) is 10.5. The first-order chi connectivity index (χ1) is 16.3. The number of nitriles is 1. The maximum atomic E-state index is 12.1. The van der Waals surface area contributed by atoms with Gasteiger partial charge in [0.2, 0.25) is 0 Å². The lowest BCUT2D eigenvalue weighted by Gasteiger charge is -2.09. The number of carbonyl (C=O) groups excluding carboxylic acids is 1. The molecule has 168 valence electrons. The van der Waals surface area contributed by atoms with Crippen LogP contribution in [0.2, 0.25) is 0 Å². The van der Waals surface area contributed by atoms with Crippen LogP contribution in [0.25, 0.3) is 16.2 Å². The van der Waals surface area contributed by atoms with Gasteiger partial charge < -0.3 is 9.13 Å². The molecule has 4 aromatic rings. The molecular weight excluding hydrogens is 444 g/mol. The third-order valence-corrected chi connectivity index (χ3v) is 6.19. The number of rotatable bonds is 4. The number of nitrogens with zero attached hydrogens (tertiary/aromatic N) is 4. The summed E-state index contributed by atoms with van der Waals surface area (Å²) in [5.41, 5.74) is 8.85. The fourth-order valence-electron chi connectivity index (χ4n) is 4.27. The number of Topliss-reactive ketones (excluding diaryl/α,β-unsaturated/α-hetero) is 1. The number of alkyl halides is 1. The van der Waals surface area contributed by atoms with Gasteiger partial charge in [-0.15, -0.1) is 11.6 Å². The summed E-state index contributed by atoms with van der Waals surface area (Å²) in [5, 5.41) is 9.03. The van der Waals surface area contributed by atoms with Gasteiger partial charge in [0.05, 0.1) is 23.6 Å². The number of hydrogen-bond donors (Lipinski definition) is 0. The van der Waals surface area contributed by atoms with Crippen molar-refractivity contribution in [3.63, 3.8) is 0 Å². The quantitative estimate of drug-likeness (QED) is 0.244. The number of halogens is 1. The number of aromatic nitrogens is 2. The number of aryl methyl sites for hydroxylation is 2. The Morgan fingerprint density at radius 1 is 0.853 bits per heavy atom. The molecule has 0 aliphatic carbocycles. The molecule has 0 saturated carbocycles. The molecule has 0 spiro atoms. The van der Waals surface area contributed by atoms with Gasteiger partial charge in [-0.3, -0.25) is 4.79 Å². The molecule has 2 heterocycles. The lowest BCUT2D eigenvalue weighted by Crippen LogP contribution is -2.04. The highest BCUT2D eigenvalue weighted by Gasteiger charge is 2.18. The monoisotopic (exact) mass is 467 g/mol. The zero-order valence-corrected chi connectivity index (χ0v) is 20.3. The Kier molecular flexibility index (Phi) is 6.41. The van der Waals surface area contributed by atoms with Gasteiger partial charge in [-0.05, 0) is 87.1 Å². The first-order valence-corrected chi connectivity index (χ1v) is 11.4. The fourth-order valence-corrected chi connectivity index (χ4v) is 4.41. The van der Waals surface area contributed by atoms with E-state index in [0.29, 0.717) is 11.1 Å². The van der Waals surface area contributed by atoms with Crippen molar-refractivity contribution in [3.05, 3.63) is 105 Å². The van der Waals surface area contributed by atoms with Crippen LogP contribution in [0.1, 0.15) is 44.3 Å². The van der Waals surface area contributed by atoms with Crippen LogP contribution in [0.5, 0.6) is 0 Å². The molecule has 0 unspecified atom stereocenters. The van der Waals surface area contributed by atoms with Crippen molar-refractivity contribution in [1.82, 2.24) is 9.13 Å². The Labute approximate surface area is 204 Å². The van der Waals surface area contributed by atoms with Crippen molar-refractivity contribution in [2.45, 2.75) is 27.7 Å². The zero-order valence-electron chi connectivity index (χ0n) is 19.6. The summed E-state index contributed by atoms with van der Waals surface area (Å²) in [7, 11) is 0. The standard InChI is InChI=1S/C28H24ClN4O/c1-18-13-26(28(34)15-29)20(3)32(18)24-11-7-23(8-12-24)17-31-27-14-19(2)33(21(27)4)25-9-5-22(16-30)6-10-25/h5-14H,15H2,1-4H3/q+1. The summed E-state index contributed by atoms with van der Waals surface area (Å²) >= 11 is 5.75. The van der Waals surface area contributed by atoms with Crippen LogP contribution in [0.15, 0.2) is 60.7 Å². The Bertz CT molecular complexity index is 1490. The van der Waals surface area contributed by atoms with Crippen molar-refractivity contribution in [2.24, 2.45) is 0 Å². The van der Waals surface area contributed by atoms with Gasteiger partial charge in [0.25, 0.3) is 0 Å². The predicted molar refractivity (Wildman–Crippen MR) is 136 cm³/mol. The van der Waals surface area contributed by atoms with Crippen molar-refractivity contribution in [1.29, 1.82) is 5.26 Å². The number of carbonyl (C=O) groups is 1. The van der Waals surface area contributed by atoms with Crippen LogP contribution in [-0.2, 0) is 0 Å². The number of benzene rings is 2. The average Bonchev–Trinajstić information content (AvgIpc) is 3.31. The molecule has 0 aliphatic heterocycles. The molecule has 2 aromatic heterocycles. The van der Waals surface area contributed by atoms with E-state index in [4.69, 9.17) is 16.9 Å². The summed E-state index contributed by atoms with van der Waals surface area (Å²) in [6.07, 6.45) is 0. The van der Waals surface area contributed by atoms with E-state index >= 15 is 0 Å². The van der Waals surface area contributed by atoms with E-state index in [1.54, 1.807) is 0 Å². The third-order valence-electron chi connectivity index (χ3n) is 5.94. The van der Waals surface area contributed by atoms with Crippen LogP contribution in [0.4, 0.5) is 5.69 Å². The molecule has 34 heavy (non-hydrogen) atoms. The minimum Gasteiger partial charge on any atom is -0.318 e. The van der Waals surface area contributed by atoms with Gasteiger partial charge in [0.1, 0.15) is 11.3 Å². The van der Waals surface area contributed by atoms with E-state index in [1.807, 2.05) is 92.9 Å². The van der Waals surface area contributed by atoms with Gasteiger partial charge in [-0.25, -0.2) is 0 Å². The van der Waals surface area contributed by atoms with Crippen LogP contribution >= 0.6 is 11.6 Å². The molecule has 2 aromatic carbocycles. The maximum absolute atomic E-state index is 12.1. The molecule has 6 heteroatoms. The summed E-state index contributed by atoms with van der Waals surface area (Å²) in [5.74, 6) is -0.0998. The van der Waals surface area contributed by atoms with Crippen LogP contribution in [0.3, 0.4) is 0 Å². The van der Waals surface area contributed by atoms with E-state index in [1.165, 1.54) is 0 Å². The first-order valence-electron chi connectivity index (χ1n) is 10.9. The maximum Gasteiger partial charge on any atom is 0.361 e. The Morgan fingerprint density at radius 3 is 1.94 bits per heavy atom. The zero-order chi connectivity index (χ0) is 24.4. The minimum absolute atomic E-state index is 0.0273. The summed E-state index contributed by atoms with van der Waals surface area (Å²) in [4.78, 5) is 16.7. The molecule has 5 nitrogen and oxygen atoms in total. The molecule has 0 aliphatic rings. The van der Waals surface area contributed by atoms with Crippen molar-refractivity contribution in [3.8, 4) is 23.5 Å². The molecule has 0 radical (unpaired) electrons. The smallest absolute Gasteiger partial charge is 0.318 e. The molecular formula is C28H24ClN4O+. The molecule has 0 fully saturated rings. The van der Waals surface area contributed by atoms with E-state index in [2.05, 4.69) is 21.6 Å². The molecule has 0 atom stereocenters. The topological polar surface area (TPSA) is 55.1 Å². The molecule has 0 saturated heterocycles. The lowest BCUT2D eigenvalue weighted by atomic mass is 10.2. The van der Waals surface area contributed by atoms with Crippen LogP contribution in [0, 0.1) is 45.1 Å². The van der Waals surface area contributed by atoms with Gasteiger partial charge in [0, 0.05) is 34.0 Å². The van der Waals surface area contributed by atoms with Crippen molar-refractivity contribution < 1.29 is 4.79 Å². The molecule has 0 N–H and O–H groups in total. The second kappa shape index (κ2) is 9.43. The summed E-state index contributed by atoms with van der Waals surface area (Å²) in [6, 6.07) is 24.6. The van der Waals surface area contributed by atoms with E-state index in [-0.39, 0.29) is 11.7 Å². The fraction of sp³-hybridized carbons (Fsp3) is 0.179. The van der Waals surface area contributed by atoms with Gasteiger partial charge in [0.15, 0.2) is 5.78 Å². The third kappa shape index (κ3) is 4.27. The minimum atomic E-state index is -0.0725. The van der Waals surface area contributed by atoms with Gasteiger partial charge in [-0.2, -0.15) is 5.26 Å².